The van der Waals surface area contributed by atoms with E-state index in [2.05, 4.69) is 21.2 Å². The van der Waals surface area contributed by atoms with E-state index in [1.165, 1.54) is 7.11 Å². The first kappa shape index (κ1) is 24.8. The van der Waals surface area contributed by atoms with Crippen molar-refractivity contribution >= 4 is 50.9 Å². The van der Waals surface area contributed by atoms with Gasteiger partial charge in [0.2, 0.25) is 5.91 Å². The number of hydrogen-bond acceptors (Lipinski definition) is 8. The number of benzene rings is 2. The number of carbonyl (C=O) groups excluding carboxylic acids is 4. The molecule has 37 heavy (non-hydrogen) atoms. The third-order valence-corrected chi connectivity index (χ3v) is 7.40. The van der Waals surface area contributed by atoms with E-state index in [0.717, 1.165) is 0 Å². The Morgan fingerprint density at radius 3 is 2.51 bits per heavy atom. The summed E-state index contributed by atoms with van der Waals surface area (Å²) in [5.41, 5.74) is 7.38. The molecule has 0 saturated heterocycles. The Kier molecular flexibility index (Phi) is 6.15. The van der Waals surface area contributed by atoms with Gasteiger partial charge in [-0.3, -0.25) is 14.5 Å². The number of hydrogen-bond donors (Lipinski definition) is 2. The summed E-state index contributed by atoms with van der Waals surface area (Å²) in [7, 11) is 1.20. The van der Waals surface area contributed by atoms with E-state index in [1.807, 2.05) is 0 Å². The van der Waals surface area contributed by atoms with Crippen LogP contribution in [0, 0.1) is 0 Å². The van der Waals surface area contributed by atoms with E-state index in [9.17, 15) is 19.2 Å². The Bertz CT molecular complexity index is 1430. The number of nitrogens with zero attached hydrogens (tertiary/aromatic N) is 1. The van der Waals surface area contributed by atoms with Crippen molar-refractivity contribution in [1.29, 1.82) is 0 Å². The summed E-state index contributed by atoms with van der Waals surface area (Å²) in [6, 6.07) is 11.7. The Morgan fingerprint density at radius 1 is 1.11 bits per heavy atom. The number of fused-ring (bicyclic) bond motifs is 3. The van der Waals surface area contributed by atoms with Crippen molar-refractivity contribution in [3.8, 4) is 0 Å². The monoisotopic (exact) mass is 565 g/mol. The van der Waals surface area contributed by atoms with E-state index < -0.39 is 23.3 Å². The molecule has 3 aliphatic rings. The lowest BCUT2D eigenvalue weighted by atomic mass is 9.63. The van der Waals surface area contributed by atoms with Crippen molar-refractivity contribution in [2.45, 2.75) is 31.6 Å². The van der Waals surface area contributed by atoms with Crippen LogP contribution in [-0.2, 0) is 29.3 Å². The molecule has 5 rings (SSSR count). The molecule has 2 aromatic carbocycles. The first-order valence-electron chi connectivity index (χ1n) is 11.8. The Labute approximate surface area is 221 Å². The first-order valence-corrected chi connectivity index (χ1v) is 12.6. The van der Waals surface area contributed by atoms with Crippen LogP contribution in [0.5, 0.6) is 0 Å². The van der Waals surface area contributed by atoms with Crippen molar-refractivity contribution in [3.05, 3.63) is 80.7 Å². The van der Waals surface area contributed by atoms with Gasteiger partial charge in [0.1, 0.15) is 16.8 Å². The molecule has 2 aliphatic heterocycles. The fourth-order valence-corrected chi connectivity index (χ4v) is 5.80. The Morgan fingerprint density at radius 2 is 1.84 bits per heavy atom. The van der Waals surface area contributed by atoms with Crippen molar-refractivity contribution < 1.29 is 28.7 Å². The molecule has 1 spiro atoms. The molecule has 1 atom stereocenters. The highest BCUT2D eigenvalue weighted by molar-refractivity contribution is 9.10. The van der Waals surface area contributed by atoms with Gasteiger partial charge in [0.15, 0.2) is 5.78 Å². The summed E-state index contributed by atoms with van der Waals surface area (Å²) < 4.78 is 10.9. The van der Waals surface area contributed by atoms with Gasteiger partial charge in [-0.15, -0.1) is 0 Å². The normalized spacial score (nSPS) is 20.6. The average Bonchev–Trinajstić information content (AvgIpc) is 3.15. The number of anilines is 2. The fourth-order valence-electron chi connectivity index (χ4n) is 5.44. The summed E-state index contributed by atoms with van der Waals surface area (Å²) in [6.07, 6.45) is 1.23. The van der Waals surface area contributed by atoms with Crippen LogP contribution in [-0.4, -0.2) is 37.3 Å². The van der Waals surface area contributed by atoms with Crippen LogP contribution in [0.25, 0.3) is 0 Å². The van der Waals surface area contributed by atoms with Gasteiger partial charge in [0.25, 0.3) is 0 Å². The highest BCUT2D eigenvalue weighted by Gasteiger charge is 2.62. The maximum Gasteiger partial charge on any atom is 0.339 e. The second-order valence-electron chi connectivity index (χ2n) is 8.85. The minimum atomic E-state index is -1.76. The molecule has 3 N–H and O–H groups in total. The van der Waals surface area contributed by atoms with Gasteiger partial charge < -0.3 is 20.5 Å². The van der Waals surface area contributed by atoms with E-state index in [-0.39, 0.29) is 35.8 Å². The minimum Gasteiger partial charge on any atom is -0.466 e. The molecule has 9 nitrogen and oxygen atoms in total. The topological polar surface area (TPSA) is 128 Å². The molecular weight excluding hydrogens is 542 g/mol. The maximum absolute atomic E-state index is 13.8. The third kappa shape index (κ3) is 3.58. The van der Waals surface area contributed by atoms with Gasteiger partial charge in [-0.1, -0.05) is 15.9 Å². The van der Waals surface area contributed by atoms with Crippen LogP contribution in [0.3, 0.4) is 0 Å². The van der Waals surface area contributed by atoms with Crippen LogP contribution in [0.2, 0.25) is 0 Å². The minimum absolute atomic E-state index is 0.0211. The Balaban J connectivity index is 1.80. The van der Waals surface area contributed by atoms with Gasteiger partial charge in [-0.05, 0) is 62.2 Å². The quantitative estimate of drug-likeness (QED) is 0.537. The molecule has 190 valence electrons. The summed E-state index contributed by atoms with van der Waals surface area (Å²) >= 11 is 3.45. The number of Topliss-reactive ketones (excluding diaryl/α,β-unsaturated/α-hetero) is 1. The van der Waals surface area contributed by atoms with Crippen LogP contribution in [0.15, 0.2) is 69.6 Å². The number of methoxy groups -OCH3 is 1. The van der Waals surface area contributed by atoms with Crippen LogP contribution >= 0.6 is 15.9 Å². The number of esters is 2. The zero-order valence-electron chi connectivity index (χ0n) is 20.2. The number of amides is 1. The number of nitrogens with two attached hydrogens (primary N) is 1. The summed E-state index contributed by atoms with van der Waals surface area (Å²) in [4.78, 5) is 54.6. The average molecular weight is 566 g/mol. The van der Waals surface area contributed by atoms with Gasteiger partial charge in [0.05, 0.1) is 19.3 Å². The van der Waals surface area contributed by atoms with Gasteiger partial charge in [0, 0.05) is 39.1 Å². The van der Waals surface area contributed by atoms with Crippen LogP contribution in [0.4, 0.5) is 11.4 Å². The standard InChI is InChI=1S/C27H24BrN3O6/c1-3-37-24(33)14-7-10-16(11-8-14)31-19-5-4-6-20(32)21(19)27(22(23(31)29)25(34)36-2)17-13-15(28)9-12-18(17)30-26(27)35/h7-13H,3-6,29H2,1-2H3,(H,30,35). The van der Waals surface area contributed by atoms with Crippen LogP contribution < -0.4 is 16.0 Å². The molecule has 10 heteroatoms. The number of allylic oxidation sites excluding steroid dienone is 1. The molecule has 1 amide bonds. The molecule has 2 aromatic rings. The number of ether oxygens (including phenoxy) is 2. The van der Waals surface area contributed by atoms with Crippen molar-refractivity contribution in [2.75, 3.05) is 23.9 Å². The molecular formula is C27H24BrN3O6. The molecule has 2 heterocycles. The van der Waals surface area contributed by atoms with E-state index in [4.69, 9.17) is 15.2 Å². The zero-order chi connectivity index (χ0) is 26.5. The van der Waals surface area contributed by atoms with Crippen molar-refractivity contribution in [1.82, 2.24) is 0 Å². The smallest absolute Gasteiger partial charge is 0.339 e. The summed E-state index contributed by atoms with van der Waals surface area (Å²) in [6.45, 7) is 1.96. The first-order chi connectivity index (χ1) is 17.7. The molecule has 0 aromatic heterocycles. The lowest BCUT2D eigenvalue weighted by Crippen LogP contribution is -2.53. The largest absolute Gasteiger partial charge is 0.466 e. The van der Waals surface area contributed by atoms with E-state index >= 15 is 0 Å². The molecule has 0 fully saturated rings. The van der Waals surface area contributed by atoms with E-state index in [0.29, 0.717) is 45.5 Å². The van der Waals surface area contributed by atoms with Gasteiger partial charge in [-0.2, -0.15) is 0 Å². The number of carbonyl (C=O) groups is 4. The SMILES string of the molecule is CCOC(=O)c1ccc(N2C(N)=C(C(=O)OC)C3(C(=O)Nc4ccc(Br)cc43)C3=C2CCCC3=O)cc1. The molecule has 1 unspecified atom stereocenters. The fraction of sp³-hybridized carbons (Fsp3) is 0.259. The van der Waals surface area contributed by atoms with E-state index in [1.54, 1.807) is 54.3 Å². The molecule has 0 saturated carbocycles. The van der Waals surface area contributed by atoms with Crippen LogP contribution in [0.1, 0.15) is 42.1 Å². The second-order valence-corrected chi connectivity index (χ2v) is 9.76. The lowest BCUT2D eigenvalue weighted by Gasteiger charge is -2.44. The predicted molar refractivity (Wildman–Crippen MR) is 138 cm³/mol. The van der Waals surface area contributed by atoms with Crippen molar-refractivity contribution in [2.24, 2.45) is 5.73 Å². The number of halogens is 1. The number of nitrogens with one attached hydrogen (secondary N) is 1. The predicted octanol–water partition coefficient (Wildman–Crippen LogP) is 3.69. The van der Waals surface area contributed by atoms with Gasteiger partial charge >= 0.3 is 11.9 Å². The maximum atomic E-state index is 13.8. The Hall–Kier alpha value is -3.92. The third-order valence-electron chi connectivity index (χ3n) is 6.90. The lowest BCUT2D eigenvalue weighted by molar-refractivity contribution is -0.138. The number of ketones is 1. The highest BCUT2D eigenvalue weighted by atomic mass is 79.9. The van der Waals surface area contributed by atoms with Crippen molar-refractivity contribution in [3.63, 3.8) is 0 Å². The molecule has 0 bridgehead atoms. The summed E-state index contributed by atoms with van der Waals surface area (Å²) in [5.74, 6) is -2.09. The van der Waals surface area contributed by atoms with Gasteiger partial charge in [-0.25, -0.2) is 9.59 Å². The molecule has 0 radical (unpaired) electrons. The number of rotatable bonds is 4. The second kappa shape index (κ2) is 9.19. The highest BCUT2D eigenvalue weighted by Crippen LogP contribution is 2.55. The molecule has 1 aliphatic carbocycles. The summed E-state index contributed by atoms with van der Waals surface area (Å²) in [5, 5.41) is 2.84. The zero-order valence-corrected chi connectivity index (χ0v) is 21.8.